The first kappa shape index (κ1) is 22.1. The monoisotopic (exact) mass is 464 g/mol. The zero-order chi connectivity index (χ0) is 23.4. The van der Waals surface area contributed by atoms with Crippen molar-refractivity contribution in [3.05, 3.63) is 52.9 Å². The van der Waals surface area contributed by atoms with Gasteiger partial charge in [0.25, 0.3) is 0 Å². The Labute approximate surface area is 202 Å². The number of carbonyl (C=O) groups is 1. The molecule has 6 rings (SSSR count). The summed E-state index contributed by atoms with van der Waals surface area (Å²) in [4.78, 5) is 14.8. The SMILES string of the molecule is CC(C)(C)OC(=O)N1C2CC[C@H]1CC(OCc1c(C3CC3c3ccccc3)noc1C1CC1)C2. The van der Waals surface area contributed by atoms with Gasteiger partial charge in [-0.2, -0.15) is 0 Å². The van der Waals surface area contributed by atoms with E-state index in [-0.39, 0.29) is 24.3 Å². The summed E-state index contributed by atoms with van der Waals surface area (Å²) < 4.78 is 18.1. The van der Waals surface area contributed by atoms with Crippen molar-refractivity contribution < 1.29 is 18.8 Å². The highest BCUT2D eigenvalue weighted by Crippen LogP contribution is 2.56. The second-order valence-electron chi connectivity index (χ2n) is 11.7. The molecule has 2 aliphatic carbocycles. The third kappa shape index (κ3) is 4.37. The molecular weight excluding hydrogens is 428 g/mol. The van der Waals surface area contributed by atoms with Crippen LogP contribution in [0.5, 0.6) is 0 Å². The van der Waals surface area contributed by atoms with E-state index in [2.05, 4.69) is 35.5 Å². The molecule has 2 aromatic rings. The first-order valence-corrected chi connectivity index (χ1v) is 13.0. The Bertz CT molecular complexity index is 1020. The Hall–Kier alpha value is -2.34. The highest BCUT2D eigenvalue weighted by molar-refractivity contribution is 5.69. The molecule has 3 heterocycles. The predicted octanol–water partition coefficient (Wildman–Crippen LogP) is 6.27. The fourth-order valence-electron chi connectivity index (χ4n) is 6.08. The van der Waals surface area contributed by atoms with E-state index in [1.807, 2.05) is 25.7 Å². The van der Waals surface area contributed by atoms with Gasteiger partial charge in [0.2, 0.25) is 0 Å². The molecule has 4 aliphatic rings. The van der Waals surface area contributed by atoms with E-state index >= 15 is 0 Å². The molecule has 2 saturated heterocycles. The molecule has 4 fully saturated rings. The fourth-order valence-corrected chi connectivity index (χ4v) is 6.08. The van der Waals surface area contributed by atoms with Crippen molar-refractivity contribution in [2.24, 2.45) is 0 Å². The Kier molecular flexibility index (Phi) is 5.47. The van der Waals surface area contributed by atoms with Crippen LogP contribution in [0.4, 0.5) is 4.79 Å². The minimum Gasteiger partial charge on any atom is -0.444 e. The van der Waals surface area contributed by atoms with Crippen LogP contribution in [0, 0.1) is 0 Å². The maximum atomic E-state index is 12.8. The highest BCUT2D eigenvalue weighted by atomic mass is 16.6. The number of amides is 1. The number of rotatable bonds is 6. The van der Waals surface area contributed by atoms with Gasteiger partial charge in [0.1, 0.15) is 11.4 Å². The van der Waals surface area contributed by atoms with Crippen LogP contribution < -0.4 is 0 Å². The molecule has 34 heavy (non-hydrogen) atoms. The van der Waals surface area contributed by atoms with E-state index in [1.165, 1.54) is 24.0 Å². The van der Waals surface area contributed by atoms with E-state index in [4.69, 9.17) is 14.0 Å². The number of piperidine rings is 1. The molecule has 5 atom stereocenters. The molecule has 6 nitrogen and oxygen atoms in total. The second-order valence-corrected chi connectivity index (χ2v) is 11.7. The maximum absolute atomic E-state index is 12.8. The number of ether oxygens (including phenoxy) is 2. The van der Waals surface area contributed by atoms with Gasteiger partial charge in [0, 0.05) is 29.5 Å². The first-order chi connectivity index (χ1) is 16.4. The molecule has 0 radical (unpaired) electrons. The largest absolute Gasteiger partial charge is 0.444 e. The van der Waals surface area contributed by atoms with Crippen molar-refractivity contribution in [2.45, 2.75) is 114 Å². The number of hydrogen-bond acceptors (Lipinski definition) is 5. The fraction of sp³-hybridized carbons (Fsp3) is 0.643. The number of nitrogens with zero attached hydrogens (tertiary/aromatic N) is 2. The number of benzene rings is 1. The Morgan fingerprint density at radius 1 is 1.03 bits per heavy atom. The van der Waals surface area contributed by atoms with Crippen LogP contribution in [0.2, 0.25) is 0 Å². The van der Waals surface area contributed by atoms with Gasteiger partial charge in [-0.05, 0) is 77.2 Å². The van der Waals surface area contributed by atoms with E-state index in [1.54, 1.807) is 0 Å². The van der Waals surface area contributed by atoms with Gasteiger partial charge in [-0.3, -0.25) is 0 Å². The zero-order valence-corrected chi connectivity index (χ0v) is 20.5. The van der Waals surface area contributed by atoms with Crippen molar-refractivity contribution in [1.29, 1.82) is 0 Å². The molecular formula is C28H36N2O4. The molecule has 2 aliphatic heterocycles. The summed E-state index contributed by atoms with van der Waals surface area (Å²) in [5, 5.41) is 4.57. The van der Waals surface area contributed by atoms with Crippen molar-refractivity contribution in [2.75, 3.05) is 0 Å². The molecule has 182 valence electrons. The number of carbonyl (C=O) groups excluding carboxylic acids is 1. The van der Waals surface area contributed by atoms with Gasteiger partial charge in [0.05, 0.1) is 18.4 Å². The summed E-state index contributed by atoms with van der Waals surface area (Å²) >= 11 is 0. The van der Waals surface area contributed by atoms with E-state index in [0.717, 1.165) is 43.6 Å². The van der Waals surface area contributed by atoms with E-state index in [0.29, 0.717) is 24.4 Å². The minimum absolute atomic E-state index is 0.162. The lowest BCUT2D eigenvalue weighted by atomic mass is 9.99. The lowest BCUT2D eigenvalue weighted by Crippen LogP contribution is -2.50. The summed E-state index contributed by atoms with van der Waals surface area (Å²) in [5.74, 6) is 2.54. The van der Waals surface area contributed by atoms with Gasteiger partial charge in [-0.1, -0.05) is 35.5 Å². The standard InChI is InChI=1S/C28H36N2O4/c1-28(2,3)33-27(31)30-19-11-12-20(30)14-21(13-19)32-16-24-25(29-34-26(24)18-9-10-18)23-15-22(23)17-7-5-4-6-8-17/h4-8,18-23H,9-16H2,1-3H3/t19-,20?,21?,22?,23?/m0/s1. The van der Waals surface area contributed by atoms with Crippen LogP contribution in [0.3, 0.4) is 0 Å². The molecule has 4 unspecified atom stereocenters. The smallest absolute Gasteiger partial charge is 0.410 e. The van der Waals surface area contributed by atoms with Gasteiger partial charge in [-0.15, -0.1) is 0 Å². The average molecular weight is 465 g/mol. The van der Waals surface area contributed by atoms with Crippen LogP contribution in [0.25, 0.3) is 0 Å². The maximum Gasteiger partial charge on any atom is 0.410 e. The minimum atomic E-state index is -0.464. The molecule has 1 amide bonds. The van der Waals surface area contributed by atoms with Gasteiger partial charge >= 0.3 is 6.09 Å². The lowest BCUT2D eigenvalue weighted by Gasteiger charge is -2.39. The van der Waals surface area contributed by atoms with Gasteiger partial charge in [-0.25, -0.2) is 4.79 Å². The Morgan fingerprint density at radius 3 is 2.38 bits per heavy atom. The average Bonchev–Trinajstić information content (AvgIpc) is 3.72. The molecule has 2 saturated carbocycles. The Morgan fingerprint density at radius 2 is 1.74 bits per heavy atom. The molecule has 0 spiro atoms. The lowest BCUT2D eigenvalue weighted by molar-refractivity contribution is -0.0400. The van der Waals surface area contributed by atoms with Crippen molar-refractivity contribution in [1.82, 2.24) is 10.1 Å². The second kappa shape index (κ2) is 8.40. The number of fused-ring (bicyclic) bond motifs is 2. The third-order valence-corrected chi connectivity index (χ3v) is 7.92. The quantitative estimate of drug-likeness (QED) is 0.504. The Balaban J connectivity index is 1.12. The normalized spacial score (nSPS) is 30.4. The van der Waals surface area contributed by atoms with Gasteiger partial charge < -0.3 is 18.9 Å². The number of aromatic nitrogens is 1. The van der Waals surface area contributed by atoms with Crippen LogP contribution >= 0.6 is 0 Å². The summed E-state index contributed by atoms with van der Waals surface area (Å²) in [7, 11) is 0. The van der Waals surface area contributed by atoms with Crippen molar-refractivity contribution in [3.8, 4) is 0 Å². The molecule has 1 aromatic heterocycles. The third-order valence-electron chi connectivity index (χ3n) is 7.92. The first-order valence-electron chi connectivity index (χ1n) is 13.0. The van der Waals surface area contributed by atoms with Crippen LogP contribution in [-0.2, 0) is 16.1 Å². The van der Waals surface area contributed by atoms with E-state index in [9.17, 15) is 4.79 Å². The van der Waals surface area contributed by atoms with Crippen LogP contribution in [0.1, 0.15) is 106 Å². The molecule has 1 aromatic carbocycles. The van der Waals surface area contributed by atoms with Crippen LogP contribution in [-0.4, -0.2) is 39.9 Å². The predicted molar refractivity (Wildman–Crippen MR) is 128 cm³/mol. The summed E-state index contributed by atoms with van der Waals surface area (Å²) in [6.07, 6.45) is 7.33. The van der Waals surface area contributed by atoms with Crippen LogP contribution in [0.15, 0.2) is 34.9 Å². The van der Waals surface area contributed by atoms with Crippen molar-refractivity contribution in [3.63, 3.8) is 0 Å². The topological polar surface area (TPSA) is 64.8 Å². The van der Waals surface area contributed by atoms with E-state index < -0.39 is 5.60 Å². The zero-order valence-electron chi connectivity index (χ0n) is 20.5. The summed E-state index contributed by atoms with van der Waals surface area (Å²) in [5.41, 5.74) is 3.24. The molecule has 2 bridgehead atoms. The summed E-state index contributed by atoms with van der Waals surface area (Å²) in [6, 6.07) is 11.2. The highest BCUT2D eigenvalue weighted by Gasteiger charge is 2.47. The van der Waals surface area contributed by atoms with Crippen molar-refractivity contribution >= 4 is 6.09 Å². The van der Waals surface area contributed by atoms with Gasteiger partial charge in [0.15, 0.2) is 0 Å². The summed E-state index contributed by atoms with van der Waals surface area (Å²) in [6.45, 7) is 6.36. The number of hydrogen-bond donors (Lipinski definition) is 0. The molecule has 6 heteroatoms. The molecule has 0 N–H and O–H groups in total.